The van der Waals surface area contributed by atoms with Gasteiger partial charge in [0.25, 0.3) is 11.1 Å². The van der Waals surface area contributed by atoms with Crippen molar-refractivity contribution in [1.29, 1.82) is 0 Å². The number of aryl methyl sites for hydroxylation is 1. The summed E-state index contributed by atoms with van der Waals surface area (Å²) in [4.78, 5) is 28.8. The molecule has 8 rings (SSSR count). The van der Waals surface area contributed by atoms with E-state index in [0.29, 0.717) is 16.5 Å². The highest BCUT2D eigenvalue weighted by Crippen LogP contribution is 2.53. The largest absolute Gasteiger partial charge is 0.268 e. The van der Waals surface area contributed by atoms with Crippen LogP contribution in [-0.4, -0.2) is 4.57 Å². The summed E-state index contributed by atoms with van der Waals surface area (Å²) in [5.74, 6) is 0. The Hall–Kier alpha value is -4.24. The molecular weight excluding hydrogens is 490 g/mol. The van der Waals surface area contributed by atoms with Gasteiger partial charge in [-0.3, -0.25) is 9.59 Å². The predicted molar refractivity (Wildman–Crippen MR) is 170 cm³/mol. The standard InChI is InChI=1S/C37H31NO2/c1-18-8-12-20(13-9-18)38-34(39)32-23-16-25(36(2,3)4)21-14-10-19-11-15-22-26(37(5,6)7)17-24(33(32)35(38)40)31-29(22)27(19)28(21)30(23)31/h8-17H,1-7H3. The van der Waals surface area contributed by atoms with E-state index in [1.54, 1.807) is 0 Å². The zero-order chi connectivity index (χ0) is 28.0. The maximum Gasteiger partial charge on any atom is 0.266 e. The molecule has 0 saturated carbocycles. The summed E-state index contributed by atoms with van der Waals surface area (Å²) < 4.78 is 1.39. The zero-order valence-corrected chi connectivity index (χ0v) is 24.0. The van der Waals surface area contributed by atoms with Crippen LogP contribution < -0.4 is 11.1 Å². The van der Waals surface area contributed by atoms with Crippen LogP contribution in [0.15, 0.2) is 70.3 Å². The summed E-state index contributed by atoms with van der Waals surface area (Å²) >= 11 is 0. The average molecular weight is 522 g/mol. The molecule has 3 nitrogen and oxygen atoms in total. The van der Waals surface area contributed by atoms with Crippen molar-refractivity contribution in [2.24, 2.45) is 0 Å². The molecule has 0 spiro atoms. The second kappa shape index (κ2) is 7.09. The van der Waals surface area contributed by atoms with Gasteiger partial charge in [0.05, 0.1) is 16.5 Å². The highest BCUT2D eigenvalue weighted by atomic mass is 16.2. The van der Waals surface area contributed by atoms with Crippen molar-refractivity contribution in [1.82, 2.24) is 4.57 Å². The minimum atomic E-state index is -0.231. The molecule has 3 heteroatoms. The van der Waals surface area contributed by atoms with Gasteiger partial charge in [-0.05, 0) is 107 Å². The highest BCUT2D eigenvalue weighted by molar-refractivity contribution is 6.48. The lowest BCUT2D eigenvalue weighted by Crippen LogP contribution is -2.23. The number of benzene rings is 6. The van der Waals surface area contributed by atoms with Crippen molar-refractivity contribution in [2.75, 3.05) is 0 Å². The van der Waals surface area contributed by atoms with Crippen LogP contribution >= 0.6 is 0 Å². The Morgan fingerprint density at radius 2 is 0.925 bits per heavy atom. The fourth-order valence-electron chi connectivity index (χ4n) is 7.36. The molecule has 0 unspecified atom stereocenters. The van der Waals surface area contributed by atoms with E-state index < -0.39 is 0 Å². The summed E-state index contributed by atoms with van der Waals surface area (Å²) in [5.41, 5.74) is 3.35. The summed E-state index contributed by atoms with van der Waals surface area (Å²) in [7, 11) is 0. The SMILES string of the molecule is Cc1ccc(-n2c(=O)c3c4cc(C(C)(C)C)c5ccc6ccc7c(C(C)(C)C)cc(c3c2=O)c2c7c6c5c42)cc1. The number of fused-ring (bicyclic) bond motifs is 3. The molecule has 0 N–H and O–H groups in total. The fraction of sp³-hybridized carbons (Fsp3) is 0.243. The fourth-order valence-corrected chi connectivity index (χ4v) is 7.36. The van der Waals surface area contributed by atoms with Crippen LogP contribution in [0.5, 0.6) is 0 Å². The third-order valence-electron chi connectivity index (χ3n) is 9.16. The van der Waals surface area contributed by atoms with Crippen molar-refractivity contribution < 1.29 is 0 Å². The minimum Gasteiger partial charge on any atom is -0.268 e. The molecule has 196 valence electrons. The van der Waals surface area contributed by atoms with Crippen molar-refractivity contribution in [2.45, 2.75) is 59.3 Å². The number of rotatable bonds is 1. The Balaban J connectivity index is 1.76. The first-order valence-electron chi connectivity index (χ1n) is 14.1. The number of hydrogen-bond acceptors (Lipinski definition) is 2. The van der Waals surface area contributed by atoms with Crippen LogP contribution in [-0.2, 0) is 10.8 Å². The van der Waals surface area contributed by atoms with E-state index in [-0.39, 0.29) is 21.9 Å². The van der Waals surface area contributed by atoms with Crippen LogP contribution in [0, 0.1) is 6.92 Å². The Morgan fingerprint density at radius 3 is 1.35 bits per heavy atom. The molecule has 0 aliphatic heterocycles. The van der Waals surface area contributed by atoms with Crippen LogP contribution in [0.2, 0.25) is 0 Å². The quantitative estimate of drug-likeness (QED) is 0.203. The van der Waals surface area contributed by atoms with Gasteiger partial charge in [-0.1, -0.05) is 83.5 Å². The second-order valence-electron chi connectivity index (χ2n) is 13.8. The first-order valence-corrected chi connectivity index (χ1v) is 14.1. The third-order valence-corrected chi connectivity index (χ3v) is 9.16. The van der Waals surface area contributed by atoms with E-state index in [2.05, 4.69) is 77.9 Å². The minimum absolute atomic E-state index is 0.148. The van der Waals surface area contributed by atoms with Crippen molar-refractivity contribution in [3.05, 3.63) is 98.1 Å². The number of aromatic nitrogens is 1. The molecular formula is C37H31NO2. The first-order chi connectivity index (χ1) is 18.9. The lowest BCUT2D eigenvalue weighted by molar-refractivity contribution is 0.596. The van der Waals surface area contributed by atoms with E-state index in [9.17, 15) is 9.59 Å². The molecule has 0 radical (unpaired) electrons. The Kier molecular flexibility index (Phi) is 4.19. The van der Waals surface area contributed by atoms with Crippen LogP contribution in [0.1, 0.15) is 58.2 Å². The van der Waals surface area contributed by atoms with Gasteiger partial charge in [0, 0.05) is 0 Å². The van der Waals surface area contributed by atoms with Gasteiger partial charge >= 0.3 is 0 Å². The molecule has 0 aliphatic carbocycles. The van der Waals surface area contributed by atoms with Crippen LogP contribution in [0.4, 0.5) is 0 Å². The maximum absolute atomic E-state index is 14.4. The van der Waals surface area contributed by atoms with E-state index in [1.165, 1.54) is 48.0 Å². The summed E-state index contributed by atoms with van der Waals surface area (Å²) in [6.45, 7) is 15.4. The molecule has 1 aromatic heterocycles. The predicted octanol–water partition coefficient (Wildman–Crippen LogP) is 8.77. The molecule has 7 aromatic carbocycles. The summed E-state index contributed by atoms with van der Waals surface area (Å²) in [6.07, 6.45) is 0. The Bertz CT molecular complexity index is 2270. The van der Waals surface area contributed by atoms with Gasteiger partial charge in [0.15, 0.2) is 0 Å². The van der Waals surface area contributed by atoms with Crippen LogP contribution in [0.25, 0.3) is 70.3 Å². The lowest BCUT2D eigenvalue weighted by Gasteiger charge is -2.23. The number of nitrogens with zero attached hydrogens (tertiary/aromatic N) is 1. The topological polar surface area (TPSA) is 39.1 Å². The van der Waals surface area contributed by atoms with Gasteiger partial charge in [0.1, 0.15) is 0 Å². The van der Waals surface area contributed by atoms with E-state index >= 15 is 0 Å². The van der Waals surface area contributed by atoms with E-state index in [0.717, 1.165) is 27.1 Å². The van der Waals surface area contributed by atoms with Gasteiger partial charge in [-0.25, -0.2) is 4.57 Å². The van der Waals surface area contributed by atoms with Crippen molar-refractivity contribution >= 4 is 64.6 Å². The molecule has 8 aromatic rings. The molecule has 0 saturated heterocycles. The van der Waals surface area contributed by atoms with Crippen LogP contribution in [0.3, 0.4) is 0 Å². The molecule has 0 fully saturated rings. The smallest absolute Gasteiger partial charge is 0.266 e. The normalized spacial score (nSPS) is 13.6. The average Bonchev–Trinajstić information content (AvgIpc) is 3.38. The van der Waals surface area contributed by atoms with Gasteiger partial charge in [-0.2, -0.15) is 0 Å². The van der Waals surface area contributed by atoms with E-state index in [1.807, 2.05) is 31.2 Å². The van der Waals surface area contributed by atoms with Gasteiger partial charge in [-0.15, -0.1) is 0 Å². The molecule has 40 heavy (non-hydrogen) atoms. The Labute approximate surface area is 232 Å². The van der Waals surface area contributed by atoms with Crippen molar-refractivity contribution in [3.8, 4) is 5.69 Å². The first kappa shape index (κ1) is 23.6. The zero-order valence-electron chi connectivity index (χ0n) is 24.0. The third kappa shape index (κ3) is 2.70. The lowest BCUT2D eigenvalue weighted by atomic mass is 9.80. The summed E-state index contributed by atoms with van der Waals surface area (Å²) in [6, 6.07) is 21.1. The molecule has 1 heterocycles. The molecule has 0 amide bonds. The van der Waals surface area contributed by atoms with E-state index in [4.69, 9.17) is 0 Å². The monoisotopic (exact) mass is 521 g/mol. The van der Waals surface area contributed by atoms with Crippen molar-refractivity contribution in [3.63, 3.8) is 0 Å². The molecule has 0 bridgehead atoms. The van der Waals surface area contributed by atoms with Gasteiger partial charge in [0.2, 0.25) is 0 Å². The molecule has 0 aliphatic rings. The highest BCUT2D eigenvalue weighted by Gasteiger charge is 2.32. The summed E-state index contributed by atoms with van der Waals surface area (Å²) in [5, 5.41) is 12.6. The number of hydrogen-bond donors (Lipinski definition) is 0. The maximum atomic E-state index is 14.4. The second-order valence-corrected chi connectivity index (χ2v) is 13.8. The molecule has 0 atom stereocenters. The van der Waals surface area contributed by atoms with Gasteiger partial charge < -0.3 is 0 Å². The Morgan fingerprint density at radius 1 is 0.500 bits per heavy atom.